The van der Waals surface area contributed by atoms with Gasteiger partial charge in [0.05, 0.1) is 12.6 Å². The number of fused-ring (bicyclic) bond motifs is 1. The quantitative estimate of drug-likeness (QED) is 0.947. The molecule has 5 nitrogen and oxygen atoms in total. The number of amides is 2. The third-order valence-corrected chi connectivity index (χ3v) is 3.98. The Morgan fingerprint density at radius 3 is 3.04 bits per heavy atom. The van der Waals surface area contributed by atoms with Gasteiger partial charge in [0.2, 0.25) is 0 Å². The van der Waals surface area contributed by atoms with E-state index in [0.717, 1.165) is 29.7 Å². The first-order valence-electron chi connectivity index (χ1n) is 7.86. The number of nitrogens with one attached hydrogen (secondary N) is 1. The fraction of sp³-hybridized carbons (Fsp3) is 0.333. The van der Waals surface area contributed by atoms with Crippen LogP contribution in [0.3, 0.4) is 0 Å². The van der Waals surface area contributed by atoms with Crippen molar-refractivity contribution in [2.45, 2.75) is 25.4 Å². The number of hydrogen-bond donors (Lipinski definition) is 1. The average Bonchev–Trinajstić information content (AvgIpc) is 2.78. The molecule has 5 heteroatoms. The van der Waals surface area contributed by atoms with Crippen molar-refractivity contribution in [2.24, 2.45) is 0 Å². The molecule has 1 N–H and O–H groups in total. The van der Waals surface area contributed by atoms with Gasteiger partial charge in [-0.3, -0.25) is 4.98 Å². The molecule has 1 aliphatic heterocycles. The lowest BCUT2D eigenvalue weighted by molar-refractivity contribution is 0.202. The van der Waals surface area contributed by atoms with Crippen LogP contribution in [0.5, 0.6) is 5.75 Å². The van der Waals surface area contributed by atoms with Crippen LogP contribution in [0.2, 0.25) is 0 Å². The highest BCUT2D eigenvalue weighted by molar-refractivity contribution is 5.74. The minimum absolute atomic E-state index is 0.0162. The summed E-state index contributed by atoms with van der Waals surface area (Å²) in [6, 6.07) is 11.6. The van der Waals surface area contributed by atoms with Crippen molar-refractivity contribution in [1.82, 2.24) is 15.2 Å². The van der Waals surface area contributed by atoms with E-state index in [4.69, 9.17) is 4.74 Å². The SMILES string of the molecule is CN(Cc1cccnc1)C(=O)NC1CCCOc2ccccc21. The molecule has 1 aromatic carbocycles. The minimum atomic E-state index is -0.0874. The van der Waals surface area contributed by atoms with Crippen molar-refractivity contribution >= 4 is 6.03 Å². The summed E-state index contributed by atoms with van der Waals surface area (Å²) >= 11 is 0. The second kappa shape index (κ2) is 7.13. The lowest BCUT2D eigenvalue weighted by Crippen LogP contribution is -2.39. The van der Waals surface area contributed by atoms with Gasteiger partial charge in [0.15, 0.2) is 0 Å². The fourth-order valence-electron chi connectivity index (χ4n) is 2.77. The number of carbonyl (C=O) groups is 1. The van der Waals surface area contributed by atoms with E-state index in [1.165, 1.54) is 0 Å². The molecule has 0 aliphatic carbocycles. The molecule has 0 saturated heterocycles. The predicted octanol–water partition coefficient (Wildman–Crippen LogP) is 3.14. The molecule has 0 bridgehead atoms. The molecule has 0 fully saturated rings. The zero-order chi connectivity index (χ0) is 16.1. The van der Waals surface area contributed by atoms with Crippen molar-refractivity contribution in [3.8, 4) is 5.75 Å². The number of para-hydroxylation sites is 1. The van der Waals surface area contributed by atoms with Crippen LogP contribution >= 0.6 is 0 Å². The minimum Gasteiger partial charge on any atom is -0.493 e. The van der Waals surface area contributed by atoms with E-state index in [9.17, 15) is 4.79 Å². The van der Waals surface area contributed by atoms with Gasteiger partial charge in [-0.05, 0) is 30.5 Å². The fourth-order valence-corrected chi connectivity index (χ4v) is 2.77. The molecule has 0 saturated carbocycles. The summed E-state index contributed by atoms with van der Waals surface area (Å²) in [4.78, 5) is 18.2. The molecule has 1 aromatic heterocycles. The molecule has 3 rings (SSSR count). The Morgan fingerprint density at radius 2 is 2.22 bits per heavy atom. The number of benzene rings is 1. The Hall–Kier alpha value is -2.56. The monoisotopic (exact) mass is 311 g/mol. The Kier molecular flexibility index (Phi) is 4.76. The Bertz CT molecular complexity index is 660. The molecule has 2 aromatic rings. The van der Waals surface area contributed by atoms with E-state index in [1.54, 1.807) is 24.3 Å². The lowest BCUT2D eigenvalue weighted by atomic mass is 10.0. The number of urea groups is 1. The van der Waals surface area contributed by atoms with E-state index in [1.807, 2.05) is 36.4 Å². The number of nitrogens with zero attached hydrogens (tertiary/aromatic N) is 2. The molecule has 23 heavy (non-hydrogen) atoms. The van der Waals surface area contributed by atoms with Gasteiger partial charge in [-0.15, -0.1) is 0 Å². The molecular weight excluding hydrogens is 290 g/mol. The van der Waals surface area contributed by atoms with Crippen molar-refractivity contribution in [3.63, 3.8) is 0 Å². The molecule has 1 atom stereocenters. The van der Waals surface area contributed by atoms with E-state index >= 15 is 0 Å². The van der Waals surface area contributed by atoms with E-state index in [-0.39, 0.29) is 12.1 Å². The third-order valence-electron chi connectivity index (χ3n) is 3.98. The number of aromatic nitrogens is 1. The smallest absolute Gasteiger partial charge is 0.317 e. The lowest BCUT2D eigenvalue weighted by Gasteiger charge is -2.23. The van der Waals surface area contributed by atoms with Gasteiger partial charge in [-0.2, -0.15) is 0 Å². The van der Waals surface area contributed by atoms with Crippen molar-refractivity contribution in [3.05, 3.63) is 59.9 Å². The molecule has 120 valence electrons. The summed E-state index contributed by atoms with van der Waals surface area (Å²) < 4.78 is 5.74. The zero-order valence-electron chi connectivity index (χ0n) is 13.2. The van der Waals surface area contributed by atoms with Gasteiger partial charge in [0.25, 0.3) is 0 Å². The van der Waals surface area contributed by atoms with Gasteiger partial charge < -0.3 is 15.0 Å². The van der Waals surface area contributed by atoms with Crippen molar-refractivity contribution in [1.29, 1.82) is 0 Å². The van der Waals surface area contributed by atoms with Gasteiger partial charge in [0, 0.05) is 31.5 Å². The maximum absolute atomic E-state index is 12.5. The predicted molar refractivity (Wildman–Crippen MR) is 88.1 cm³/mol. The summed E-state index contributed by atoms with van der Waals surface area (Å²) in [5.74, 6) is 0.866. The summed E-state index contributed by atoms with van der Waals surface area (Å²) in [6.45, 7) is 1.22. The van der Waals surface area contributed by atoms with Crippen LogP contribution in [0.25, 0.3) is 0 Å². The normalized spacial score (nSPS) is 16.7. The van der Waals surface area contributed by atoms with Gasteiger partial charge in [-0.1, -0.05) is 24.3 Å². The van der Waals surface area contributed by atoms with E-state index in [2.05, 4.69) is 10.3 Å². The molecular formula is C18H21N3O2. The first-order chi connectivity index (χ1) is 11.2. The highest BCUT2D eigenvalue weighted by atomic mass is 16.5. The summed E-state index contributed by atoms with van der Waals surface area (Å²) in [6.07, 6.45) is 5.31. The number of rotatable bonds is 3. The van der Waals surface area contributed by atoms with E-state index < -0.39 is 0 Å². The van der Waals surface area contributed by atoms with Crippen LogP contribution in [-0.2, 0) is 6.54 Å². The maximum Gasteiger partial charge on any atom is 0.317 e. The molecule has 0 spiro atoms. The van der Waals surface area contributed by atoms with Gasteiger partial charge in [-0.25, -0.2) is 4.79 Å². The van der Waals surface area contributed by atoms with Crippen molar-refractivity contribution < 1.29 is 9.53 Å². The topological polar surface area (TPSA) is 54.5 Å². The van der Waals surface area contributed by atoms with Crippen LogP contribution in [0.4, 0.5) is 4.79 Å². The molecule has 1 unspecified atom stereocenters. The Labute approximate surface area is 136 Å². The van der Waals surface area contributed by atoms with Crippen LogP contribution in [0.1, 0.15) is 30.0 Å². The molecule has 2 amide bonds. The largest absolute Gasteiger partial charge is 0.493 e. The maximum atomic E-state index is 12.5. The molecule has 2 heterocycles. The standard InChI is InChI=1S/C18H21N3O2/c1-21(13-14-6-4-10-19-12-14)18(22)20-16-8-5-11-23-17-9-3-2-7-15(16)17/h2-4,6-7,9-10,12,16H,5,8,11,13H2,1H3,(H,20,22). The number of pyridine rings is 1. The zero-order valence-corrected chi connectivity index (χ0v) is 13.2. The Morgan fingerprint density at radius 1 is 1.35 bits per heavy atom. The van der Waals surface area contributed by atoms with Gasteiger partial charge in [0.1, 0.15) is 5.75 Å². The highest BCUT2D eigenvalue weighted by Crippen LogP contribution is 2.31. The summed E-state index contributed by atoms with van der Waals surface area (Å²) in [5.41, 5.74) is 2.06. The van der Waals surface area contributed by atoms with E-state index in [0.29, 0.717) is 13.2 Å². The van der Waals surface area contributed by atoms with Crippen molar-refractivity contribution in [2.75, 3.05) is 13.7 Å². The molecule has 0 radical (unpaired) electrons. The number of carbonyl (C=O) groups excluding carboxylic acids is 1. The second-order valence-electron chi connectivity index (χ2n) is 5.75. The van der Waals surface area contributed by atoms with Crippen LogP contribution < -0.4 is 10.1 Å². The first kappa shape index (κ1) is 15.3. The number of ether oxygens (including phenoxy) is 1. The number of hydrogen-bond acceptors (Lipinski definition) is 3. The second-order valence-corrected chi connectivity index (χ2v) is 5.75. The van der Waals surface area contributed by atoms with Crippen LogP contribution in [-0.4, -0.2) is 29.6 Å². The third kappa shape index (κ3) is 3.80. The summed E-state index contributed by atoms with van der Waals surface area (Å²) in [7, 11) is 1.79. The van der Waals surface area contributed by atoms with Crippen LogP contribution in [0.15, 0.2) is 48.8 Å². The van der Waals surface area contributed by atoms with Gasteiger partial charge >= 0.3 is 6.03 Å². The molecule has 1 aliphatic rings. The first-order valence-corrected chi connectivity index (χ1v) is 7.86. The summed E-state index contributed by atoms with van der Waals surface area (Å²) in [5, 5.41) is 3.12. The highest BCUT2D eigenvalue weighted by Gasteiger charge is 2.22. The average molecular weight is 311 g/mol. The Balaban J connectivity index is 1.67. The van der Waals surface area contributed by atoms with Crippen LogP contribution in [0, 0.1) is 0 Å².